The SMILES string of the molecule is c1ccc2c(c1)c1ccccc1n2-c1ccc(-c2ccc(-c3cc(-c4ccc(-c5ccc(-n6c7ccccc7c7ccccc76)cc5)cc4)cc(-c4ccc(-c5ccc(-n6c7ccccc7c7ccccc76)cc5)cc4)c3)cc2)cc1. The number of aromatic nitrogens is 3. The third-order valence-electron chi connectivity index (χ3n) is 16.7. The van der Waals surface area contributed by atoms with Gasteiger partial charge in [-0.25, -0.2) is 0 Å². The summed E-state index contributed by atoms with van der Waals surface area (Å²) in [4.78, 5) is 0. The predicted molar refractivity (Wildman–Crippen MR) is 342 cm³/mol. The fraction of sp³-hybridized carbons (Fsp3) is 0. The molecule has 0 aliphatic carbocycles. The average Bonchev–Trinajstić information content (AvgIpc) is 4.41. The zero-order valence-corrected chi connectivity index (χ0v) is 44.3. The third-order valence-corrected chi connectivity index (χ3v) is 16.7. The van der Waals surface area contributed by atoms with Crippen LogP contribution in [0.2, 0.25) is 0 Å². The van der Waals surface area contributed by atoms with Crippen LogP contribution in [0.4, 0.5) is 0 Å². The lowest BCUT2D eigenvalue weighted by atomic mass is 9.91. The Morgan fingerprint density at radius 2 is 0.284 bits per heavy atom. The highest BCUT2D eigenvalue weighted by Gasteiger charge is 2.16. The monoisotopic (exact) mass is 1030 g/mol. The van der Waals surface area contributed by atoms with Crippen molar-refractivity contribution in [1.82, 2.24) is 13.7 Å². The standard InChI is InChI=1S/C78H51N3/c1-7-19-73-67(13-1)68-14-2-8-20-74(68)79(73)64-43-37-55(38-44-64)52-25-31-58(32-26-52)61-49-62(59-33-27-53(28-34-59)56-39-45-65(46-40-56)80-75-21-9-3-15-69(75)70-16-4-10-22-76(70)80)51-63(50-61)60-35-29-54(30-36-60)57-41-47-66(48-42-57)81-77-23-11-5-17-71(77)72-18-6-12-24-78(72)81/h1-51H. The molecule has 0 bridgehead atoms. The van der Waals surface area contributed by atoms with Crippen LogP contribution in [0.25, 0.3) is 149 Å². The lowest BCUT2D eigenvalue weighted by molar-refractivity contribution is 1.18. The third kappa shape index (κ3) is 7.89. The van der Waals surface area contributed by atoms with Crippen molar-refractivity contribution in [3.8, 4) is 83.8 Å². The second-order valence-corrected chi connectivity index (χ2v) is 21.3. The molecule has 0 saturated heterocycles. The summed E-state index contributed by atoms with van der Waals surface area (Å²) in [5.41, 5.74) is 24.9. The van der Waals surface area contributed by atoms with Gasteiger partial charge in [0.05, 0.1) is 33.1 Å². The van der Waals surface area contributed by atoms with Gasteiger partial charge in [-0.2, -0.15) is 0 Å². The summed E-state index contributed by atoms with van der Waals surface area (Å²) in [5.74, 6) is 0. The van der Waals surface area contributed by atoms with E-state index in [1.165, 1.54) is 132 Å². The number of hydrogen-bond donors (Lipinski definition) is 0. The van der Waals surface area contributed by atoms with Gasteiger partial charge < -0.3 is 13.7 Å². The summed E-state index contributed by atoms with van der Waals surface area (Å²) >= 11 is 0. The molecule has 13 aromatic carbocycles. The first-order valence-electron chi connectivity index (χ1n) is 27.9. The molecule has 0 N–H and O–H groups in total. The minimum atomic E-state index is 1.15. The van der Waals surface area contributed by atoms with E-state index >= 15 is 0 Å². The zero-order chi connectivity index (χ0) is 53.4. The summed E-state index contributed by atoms with van der Waals surface area (Å²) in [7, 11) is 0. The van der Waals surface area contributed by atoms with Crippen LogP contribution in [-0.2, 0) is 0 Å². The number of rotatable bonds is 9. The van der Waals surface area contributed by atoms with Crippen molar-refractivity contribution in [1.29, 1.82) is 0 Å². The van der Waals surface area contributed by atoms with E-state index in [0.717, 1.165) is 17.1 Å². The van der Waals surface area contributed by atoms with Crippen molar-refractivity contribution in [2.45, 2.75) is 0 Å². The lowest BCUT2D eigenvalue weighted by Crippen LogP contribution is -1.93. The molecule has 378 valence electrons. The quantitative estimate of drug-likeness (QED) is 0.137. The summed E-state index contributed by atoms with van der Waals surface area (Å²) in [6, 6.07) is 113. The molecule has 0 atom stereocenters. The highest BCUT2D eigenvalue weighted by Crippen LogP contribution is 2.39. The maximum absolute atomic E-state index is 2.37. The first kappa shape index (κ1) is 46.4. The number of para-hydroxylation sites is 6. The number of fused-ring (bicyclic) bond motifs is 9. The van der Waals surface area contributed by atoms with Crippen molar-refractivity contribution in [3.05, 3.63) is 309 Å². The van der Waals surface area contributed by atoms with Crippen LogP contribution in [0.1, 0.15) is 0 Å². The summed E-state index contributed by atoms with van der Waals surface area (Å²) in [5, 5.41) is 7.61. The van der Waals surface area contributed by atoms with Crippen LogP contribution in [0.5, 0.6) is 0 Å². The average molecular weight is 1030 g/mol. The van der Waals surface area contributed by atoms with E-state index in [4.69, 9.17) is 0 Å². The van der Waals surface area contributed by atoms with Gasteiger partial charge in [0, 0.05) is 49.4 Å². The summed E-state index contributed by atoms with van der Waals surface area (Å²) in [6.45, 7) is 0. The Hall–Kier alpha value is -10.7. The normalized spacial score (nSPS) is 11.7. The molecule has 81 heavy (non-hydrogen) atoms. The fourth-order valence-corrected chi connectivity index (χ4v) is 12.7. The van der Waals surface area contributed by atoms with Crippen LogP contribution in [0.15, 0.2) is 309 Å². The molecule has 0 fully saturated rings. The van der Waals surface area contributed by atoms with E-state index in [1.807, 2.05) is 0 Å². The molecule has 16 aromatic rings. The molecule has 16 rings (SSSR count). The van der Waals surface area contributed by atoms with Crippen LogP contribution >= 0.6 is 0 Å². The van der Waals surface area contributed by atoms with Crippen LogP contribution in [0, 0.1) is 0 Å². The van der Waals surface area contributed by atoms with Crippen LogP contribution < -0.4 is 0 Å². The highest BCUT2D eigenvalue weighted by molar-refractivity contribution is 6.11. The van der Waals surface area contributed by atoms with Crippen molar-refractivity contribution >= 4 is 65.4 Å². The zero-order valence-electron chi connectivity index (χ0n) is 44.3. The Kier molecular flexibility index (Phi) is 10.9. The molecule has 0 radical (unpaired) electrons. The highest BCUT2D eigenvalue weighted by atomic mass is 15.0. The van der Waals surface area contributed by atoms with Gasteiger partial charge in [-0.3, -0.25) is 0 Å². The van der Waals surface area contributed by atoms with Gasteiger partial charge in [-0.1, -0.05) is 218 Å². The van der Waals surface area contributed by atoms with E-state index in [1.54, 1.807) is 0 Å². The van der Waals surface area contributed by atoms with Crippen LogP contribution in [-0.4, -0.2) is 13.7 Å². The van der Waals surface area contributed by atoms with Gasteiger partial charge in [-0.15, -0.1) is 0 Å². The van der Waals surface area contributed by atoms with E-state index in [0.29, 0.717) is 0 Å². The minimum absolute atomic E-state index is 1.15. The number of benzene rings is 13. The number of hydrogen-bond acceptors (Lipinski definition) is 0. The molecular formula is C78H51N3. The summed E-state index contributed by atoms with van der Waals surface area (Å²) in [6.07, 6.45) is 0. The Labute approximate surface area is 469 Å². The Balaban J connectivity index is 0.723. The summed E-state index contributed by atoms with van der Waals surface area (Å²) < 4.78 is 7.12. The van der Waals surface area contributed by atoms with E-state index in [-0.39, 0.29) is 0 Å². The molecule has 0 aliphatic heterocycles. The first-order valence-corrected chi connectivity index (χ1v) is 27.9. The van der Waals surface area contributed by atoms with Gasteiger partial charge in [0.25, 0.3) is 0 Å². The number of nitrogens with zero attached hydrogens (tertiary/aromatic N) is 3. The molecule has 3 heteroatoms. The van der Waals surface area contributed by atoms with Crippen molar-refractivity contribution < 1.29 is 0 Å². The van der Waals surface area contributed by atoms with Gasteiger partial charge >= 0.3 is 0 Å². The molecule has 0 amide bonds. The largest absolute Gasteiger partial charge is 0.309 e. The van der Waals surface area contributed by atoms with E-state index in [9.17, 15) is 0 Å². The molecule has 0 unspecified atom stereocenters. The molecule has 3 nitrogen and oxygen atoms in total. The lowest BCUT2D eigenvalue weighted by Gasteiger charge is -2.14. The molecule has 0 spiro atoms. The molecule has 0 aliphatic rings. The molecule has 3 aromatic heterocycles. The van der Waals surface area contributed by atoms with Crippen molar-refractivity contribution in [2.75, 3.05) is 0 Å². The van der Waals surface area contributed by atoms with Crippen molar-refractivity contribution in [2.24, 2.45) is 0 Å². The van der Waals surface area contributed by atoms with Gasteiger partial charge in [0.2, 0.25) is 0 Å². The fourth-order valence-electron chi connectivity index (χ4n) is 12.7. The topological polar surface area (TPSA) is 14.8 Å². The van der Waals surface area contributed by atoms with Gasteiger partial charge in [-0.05, 0) is 158 Å². The maximum Gasteiger partial charge on any atom is 0.0541 e. The van der Waals surface area contributed by atoms with Crippen molar-refractivity contribution in [3.63, 3.8) is 0 Å². The molecule has 0 saturated carbocycles. The predicted octanol–water partition coefficient (Wildman–Crippen LogP) is 21.0. The van der Waals surface area contributed by atoms with E-state index in [2.05, 4.69) is 323 Å². The molecular weight excluding hydrogens is 979 g/mol. The smallest absolute Gasteiger partial charge is 0.0541 e. The minimum Gasteiger partial charge on any atom is -0.309 e. The van der Waals surface area contributed by atoms with Crippen LogP contribution in [0.3, 0.4) is 0 Å². The Morgan fingerprint density at radius 1 is 0.136 bits per heavy atom. The second kappa shape index (κ2) is 19.0. The first-order chi connectivity index (χ1) is 40.1. The maximum atomic E-state index is 2.37. The Bertz CT molecular complexity index is 4350. The molecule has 3 heterocycles. The Morgan fingerprint density at radius 3 is 0.469 bits per heavy atom. The van der Waals surface area contributed by atoms with E-state index < -0.39 is 0 Å². The van der Waals surface area contributed by atoms with Gasteiger partial charge in [0.1, 0.15) is 0 Å². The second-order valence-electron chi connectivity index (χ2n) is 21.3. The van der Waals surface area contributed by atoms with Gasteiger partial charge in [0.15, 0.2) is 0 Å².